The predicted molar refractivity (Wildman–Crippen MR) is 116 cm³/mol. The van der Waals surface area contributed by atoms with Crippen LogP contribution < -0.4 is 5.32 Å². The van der Waals surface area contributed by atoms with Gasteiger partial charge in [0.2, 0.25) is 0 Å². The van der Waals surface area contributed by atoms with E-state index in [2.05, 4.69) is 42.5 Å². The minimum atomic E-state index is 0.651. The van der Waals surface area contributed by atoms with Crippen molar-refractivity contribution in [1.82, 2.24) is 20.0 Å². The number of nitrogens with zero attached hydrogens (tertiary/aromatic N) is 4. The quantitative estimate of drug-likeness (QED) is 0.599. The fourth-order valence-electron chi connectivity index (χ4n) is 4.83. The van der Waals surface area contributed by atoms with Crippen molar-refractivity contribution in [2.24, 2.45) is 10.9 Å². The highest BCUT2D eigenvalue weighted by atomic mass is 32.1. The number of likely N-dealkylation sites (tertiary alicyclic amines) is 2. The molecule has 0 radical (unpaired) electrons. The number of piperidine rings is 1. The monoisotopic (exact) mass is 405 g/mol. The van der Waals surface area contributed by atoms with Gasteiger partial charge in [0.05, 0.1) is 13.2 Å². The van der Waals surface area contributed by atoms with Gasteiger partial charge in [0.25, 0.3) is 0 Å². The summed E-state index contributed by atoms with van der Waals surface area (Å²) in [5.74, 6) is 1.80. The lowest BCUT2D eigenvalue weighted by Gasteiger charge is -2.34. The maximum absolute atomic E-state index is 5.51. The standard InChI is InChI=1S/C21H35N5OS/c1-22-21(26-8-6-19(16-26)25-9-11-27-12-10-25)23-14-18-4-2-7-24(15-18)17-20-5-3-13-28-20/h3,5,13,18-19H,2,4,6-12,14-17H2,1H3,(H,22,23). The number of aliphatic imine (C=N–C) groups is 1. The fourth-order valence-corrected chi connectivity index (χ4v) is 5.57. The summed E-state index contributed by atoms with van der Waals surface area (Å²) in [5.41, 5.74) is 0. The highest BCUT2D eigenvalue weighted by molar-refractivity contribution is 7.09. The summed E-state index contributed by atoms with van der Waals surface area (Å²) in [6, 6.07) is 5.07. The predicted octanol–water partition coefficient (Wildman–Crippen LogP) is 1.94. The van der Waals surface area contributed by atoms with Gasteiger partial charge >= 0.3 is 0 Å². The Morgan fingerprint density at radius 2 is 2.11 bits per heavy atom. The van der Waals surface area contributed by atoms with Crippen LogP contribution in [0.15, 0.2) is 22.5 Å². The molecule has 6 nitrogen and oxygen atoms in total. The summed E-state index contributed by atoms with van der Waals surface area (Å²) in [6.07, 6.45) is 3.86. The van der Waals surface area contributed by atoms with Gasteiger partial charge in [0, 0.05) is 63.8 Å². The number of hydrogen-bond acceptors (Lipinski definition) is 5. The summed E-state index contributed by atoms with van der Waals surface area (Å²) >= 11 is 1.87. The number of morpholine rings is 1. The second-order valence-electron chi connectivity index (χ2n) is 8.29. The molecular formula is C21H35N5OS. The second kappa shape index (κ2) is 10.1. The van der Waals surface area contributed by atoms with Gasteiger partial charge in [-0.25, -0.2) is 0 Å². The van der Waals surface area contributed by atoms with Crippen LogP contribution in [0.5, 0.6) is 0 Å². The highest BCUT2D eigenvalue weighted by Crippen LogP contribution is 2.21. The molecule has 2 atom stereocenters. The van der Waals surface area contributed by atoms with Crippen molar-refractivity contribution in [2.45, 2.75) is 31.8 Å². The number of ether oxygens (including phenoxy) is 1. The third-order valence-corrected chi connectivity index (χ3v) is 7.21. The summed E-state index contributed by atoms with van der Waals surface area (Å²) in [6.45, 7) is 10.7. The average Bonchev–Trinajstić information content (AvgIpc) is 3.42. The van der Waals surface area contributed by atoms with Gasteiger partial charge < -0.3 is 15.0 Å². The number of rotatable bonds is 5. The molecule has 7 heteroatoms. The van der Waals surface area contributed by atoms with E-state index in [1.165, 1.54) is 37.2 Å². The summed E-state index contributed by atoms with van der Waals surface area (Å²) in [4.78, 5) is 13.7. The molecule has 4 heterocycles. The van der Waals surface area contributed by atoms with E-state index >= 15 is 0 Å². The van der Waals surface area contributed by atoms with E-state index in [1.807, 2.05) is 18.4 Å². The van der Waals surface area contributed by atoms with Crippen LogP contribution >= 0.6 is 11.3 Å². The zero-order valence-electron chi connectivity index (χ0n) is 17.2. The van der Waals surface area contributed by atoms with Gasteiger partial charge in [-0.1, -0.05) is 6.07 Å². The Bertz CT molecular complexity index is 616. The second-order valence-corrected chi connectivity index (χ2v) is 9.32. The third-order valence-electron chi connectivity index (χ3n) is 6.35. The van der Waals surface area contributed by atoms with Crippen molar-refractivity contribution < 1.29 is 4.74 Å². The molecule has 0 aromatic carbocycles. The van der Waals surface area contributed by atoms with Crippen LogP contribution in [-0.4, -0.2) is 92.8 Å². The van der Waals surface area contributed by atoms with Gasteiger partial charge in [0.1, 0.15) is 0 Å². The van der Waals surface area contributed by atoms with Crippen molar-refractivity contribution in [2.75, 3.05) is 66.1 Å². The molecule has 0 amide bonds. The van der Waals surface area contributed by atoms with Crippen LogP contribution in [0, 0.1) is 5.92 Å². The van der Waals surface area contributed by atoms with Crippen LogP contribution in [0.2, 0.25) is 0 Å². The topological polar surface area (TPSA) is 43.3 Å². The molecule has 3 aliphatic heterocycles. The van der Waals surface area contributed by atoms with Crippen molar-refractivity contribution >= 4 is 17.3 Å². The van der Waals surface area contributed by atoms with E-state index in [0.717, 1.165) is 58.4 Å². The van der Waals surface area contributed by atoms with Crippen LogP contribution in [0.25, 0.3) is 0 Å². The molecule has 0 bridgehead atoms. The molecule has 1 aromatic rings. The lowest BCUT2D eigenvalue weighted by molar-refractivity contribution is 0.0194. The van der Waals surface area contributed by atoms with E-state index < -0.39 is 0 Å². The lowest BCUT2D eigenvalue weighted by Crippen LogP contribution is -2.48. The van der Waals surface area contributed by atoms with Gasteiger partial charge in [-0.2, -0.15) is 0 Å². The minimum absolute atomic E-state index is 0.651. The van der Waals surface area contributed by atoms with E-state index in [1.54, 1.807) is 0 Å². The molecule has 0 aliphatic carbocycles. The molecule has 0 spiro atoms. The maximum atomic E-state index is 5.51. The summed E-state index contributed by atoms with van der Waals surface area (Å²) in [7, 11) is 1.92. The Hall–Kier alpha value is -1.15. The van der Waals surface area contributed by atoms with Crippen LogP contribution in [0.3, 0.4) is 0 Å². The highest BCUT2D eigenvalue weighted by Gasteiger charge is 2.30. The molecule has 0 saturated carbocycles. The van der Waals surface area contributed by atoms with Gasteiger partial charge in [-0.05, 0) is 43.2 Å². The minimum Gasteiger partial charge on any atom is -0.379 e. The van der Waals surface area contributed by atoms with Crippen LogP contribution in [0.1, 0.15) is 24.1 Å². The maximum Gasteiger partial charge on any atom is 0.193 e. The number of guanidine groups is 1. The number of hydrogen-bond donors (Lipinski definition) is 1. The molecule has 3 aliphatic rings. The summed E-state index contributed by atoms with van der Waals surface area (Å²) in [5, 5.41) is 5.88. The first kappa shape index (κ1) is 20.1. The van der Waals surface area contributed by atoms with Gasteiger partial charge in [-0.3, -0.25) is 14.8 Å². The smallest absolute Gasteiger partial charge is 0.193 e. The molecule has 4 rings (SSSR count). The van der Waals surface area contributed by atoms with E-state index in [-0.39, 0.29) is 0 Å². The normalized spacial score (nSPS) is 28.0. The van der Waals surface area contributed by atoms with Crippen molar-refractivity contribution in [3.8, 4) is 0 Å². The Kier molecular flexibility index (Phi) is 7.23. The first-order valence-electron chi connectivity index (χ1n) is 10.8. The lowest BCUT2D eigenvalue weighted by atomic mass is 9.98. The van der Waals surface area contributed by atoms with Crippen LogP contribution in [0.4, 0.5) is 0 Å². The zero-order valence-corrected chi connectivity index (χ0v) is 18.0. The van der Waals surface area contributed by atoms with Crippen molar-refractivity contribution in [3.63, 3.8) is 0 Å². The fraction of sp³-hybridized carbons (Fsp3) is 0.762. The molecule has 3 saturated heterocycles. The average molecular weight is 406 g/mol. The molecular weight excluding hydrogens is 370 g/mol. The molecule has 1 aromatic heterocycles. The Labute approximate surface area is 173 Å². The number of thiophene rings is 1. The molecule has 2 unspecified atom stereocenters. The zero-order chi connectivity index (χ0) is 19.2. The molecule has 156 valence electrons. The first-order valence-corrected chi connectivity index (χ1v) is 11.7. The third kappa shape index (κ3) is 5.26. The van der Waals surface area contributed by atoms with Crippen molar-refractivity contribution in [3.05, 3.63) is 22.4 Å². The number of nitrogens with one attached hydrogen (secondary N) is 1. The summed E-state index contributed by atoms with van der Waals surface area (Å²) < 4.78 is 5.51. The first-order chi connectivity index (χ1) is 13.8. The van der Waals surface area contributed by atoms with Gasteiger partial charge in [0.15, 0.2) is 5.96 Å². The van der Waals surface area contributed by atoms with Crippen LogP contribution in [-0.2, 0) is 11.3 Å². The van der Waals surface area contributed by atoms with E-state index in [0.29, 0.717) is 12.0 Å². The molecule has 1 N–H and O–H groups in total. The Morgan fingerprint density at radius 3 is 2.89 bits per heavy atom. The SMILES string of the molecule is CN=C(NCC1CCCN(Cc2cccs2)C1)N1CCC(N2CCOCC2)C1. The van der Waals surface area contributed by atoms with E-state index in [9.17, 15) is 0 Å². The van der Waals surface area contributed by atoms with Gasteiger partial charge in [-0.15, -0.1) is 11.3 Å². The Morgan fingerprint density at radius 1 is 1.21 bits per heavy atom. The largest absolute Gasteiger partial charge is 0.379 e. The molecule has 3 fully saturated rings. The Balaban J connectivity index is 1.23. The van der Waals surface area contributed by atoms with Crippen molar-refractivity contribution in [1.29, 1.82) is 0 Å². The van der Waals surface area contributed by atoms with E-state index in [4.69, 9.17) is 4.74 Å². The molecule has 28 heavy (non-hydrogen) atoms.